The van der Waals surface area contributed by atoms with E-state index in [0.29, 0.717) is 12.4 Å². The molecule has 0 saturated carbocycles. The van der Waals surface area contributed by atoms with Gasteiger partial charge in [0, 0.05) is 32.0 Å². The number of pyridine rings is 1. The molecule has 0 aliphatic carbocycles. The first-order valence-corrected chi connectivity index (χ1v) is 5.76. The van der Waals surface area contributed by atoms with E-state index in [-0.39, 0.29) is 0 Å². The van der Waals surface area contributed by atoms with Crippen LogP contribution in [0.25, 0.3) is 0 Å². The van der Waals surface area contributed by atoms with Gasteiger partial charge in [0.05, 0.1) is 0 Å². The van der Waals surface area contributed by atoms with Gasteiger partial charge in [-0.3, -0.25) is 0 Å². The first-order chi connectivity index (χ1) is 8.65. The fourth-order valence-corrected chi connectivity index (χ4v) is 1.60. The lowest BCUT2D eigenvalue weighted by atomic mass is 10.2. The third kappa shape index (κ3) is 3.13. The van der Waals surface area contributed by atoms with Crippen molar-refractivity contribution in [2.75, 3.05) is 24.7 Å². The van der Waals surface area contributed by atoms with Crippen LogP contribution in [0.4, 0.5) is 11.5 Å². The molecular weight excluding hydrogens is 226 g/mol. The Morgan fingerprint density at radius 1 is 1.22 bits per heavy atom. The summed E-state index contributed by atoms with van der Waals surface area (Å²) < 4.78 is 5.73. The van der Waals surface area contributed by atoms with Gasteiger partial charge in [-0.25, -0.2) is 4.98 Å². The van der Waals surface area contributed by atoms with E-state index in [1.807, 2.05) is 55.4 Å². The van der Waals surface area contributed by atoms with Crippen molar-refractivity contribution in [1.82, 2.24) is 4.98 Å². The van der Waals surface area contributed by atoms with E-state index in [0.717, 1.165) is 17.0 Å². The number of nitrogens with zero attached hydrogens (tertiary/aromatic N) is 2. The highest BCUT2D eigenvalue weighted by Gasteiger charge is 2.00. The molecule has 0 fully saturated rings. The first kappa shape index (κ1) is 12.2. The molecule has 0 amide bonds. The van der Waals surface area contributed by atoms with Crippen molar-refractivity contribution in [2.45, 2.75) is 6.61 Å². The van der Waals surface area contributed by atoms with Crippen LogP contribution in [-0.2, 0) is 6.61 Å². The summed E-state index contributed by atoms with van der Waals surface area (Å²) in [5.74, 6) is 1.36. The molecule has 1 aromatic heterocycles. The molecule has 0 atom stereocenters. The van der Waals surface area contributed by atoms with Crippen LogP contribution in [0.5, 0.6) is 5.75 Å². The van der Waals surface area contributed by atoms with Gasteiger partial charge in [-0.05, 0) is 29.8 Å². The maximum absolute atomic E-state index is 5.73. The maximum atomic E-state index is 5.73. The molecule has 4 heteroatoms. The number of nitrogens with two attached hydrogens (primary N) is 1. The van der Waals surface area contributed by atoms with Gasteiger partial charge in [0.15, 0.2) is 0 Å². The number of aromatic nitrogens is 1. The Kier molecular flexibility index (Phi) is 3.67. The van der Waals surface area contributed by atoms with Crippen molar-refractivity contribution >= 4 is 11.5 Å². The van der Waals surface area contributed by atoms with Crippen molar-refractivity contribution in [3.63, 3.8) is 0 Å². The third-order valence-corrected chi connectivity index (χ3v) is 2.59. The van der Waals surface area contributed by atoms with Crippen LogP contribution in [0.1, 0.15) is 5.56 Å². The van der Waals surface area contributed by atoms with Gasteiger partial charge < -0.3 is 15.4 Å². The lowest BCUT2D eigenvalue weighted by Crippen LogP contribution is -2.08. The van der Waals surface area contributed by atoms with Gasteiger partial charge in [-0.15, -0.1) is 0 Å². The molecule has 0 aliphatic rings. The second-order valence-corrected chi connectivity index (χ2v) is 4.27. The van der Waals surface area contributed by atoms with Crippen LogP contribution in [0.2, 0.25) is 0 Å². The molecule has 0 aliphatic heterocycles. The smallest absolute Gasteiger partial charge is 0.123 e. The van der Waals surface area contributed by atoms with Gasteiger partial charge in [0.25, 0.3) is 0 Å². The highest BCUT2D eigenvalue weighted by molar-refractivity contribution is 5.49. The summed E-state index contributed by atoms with van der Waals surface area (Å²) in [6.45, 7) is 0.490. The van der Waals surface area contributed by atoms with Gasteiger partial charge in [0.1, 0.15) is 18.2 Å². The van der Waals surface area contributed by atoms with Crippen LogP contribution in [0.15, 0.2) is 42.6 Å². The molecule has 1 aromatic carbocycles. The van der Waals surface area contributed by atoms with Gasteiger partial charge in [0.2, 0.25) is 0 Å². The minimum absolute atomic E-state index is 0.490. The molecule has 0 spiro atoms. The number of ether oxygens (including phenoxy) is 1. The minimum Gasteiger partial charge on any atom is -0.489 e. The fraction of sp³-hybridized carbons (Fsp3) is 0.214. The van der Waals surface area contributed by atoms with Crippen molar-refractivity contribution in [2.24, 2.45) is 0 Å². The Labute approximate surface area is 107 Å². The zero-order valence-electron chi connectivity index (χ0n) is 10.6. The Morgan fingerprint density at radius 2 is 2.06 bits per heavy atom. The van der Waals surface area contributed by atoms with E-state index >= 15 is 0 Å². The van der Waals surface area contributed by atoms with Crippen LogP contribution >= 0.6 is 0 Å². The van der Waals surface area contributed by atoms with E-state index in [1.54, 1.807) is 6.20 Å². The minimum atomic E-state index is 0.490. The lowest BCUT2D eigenvalue weighted by Gasteiger charge is -2.14. The van der Waals surface area contributed by atoms with Crippen LogP contribution < -0.4 is 15.4 Å². The quantitative estimate of drug-likeness (QED) is 0.895. The number of benzene rings is 1. The Balaban J connectivity index is 2.04. The number of anilines is 2. The predicted molar refractivity (Wildman–Crippen MR) is 73.8 cm³/mol. The molecule has 2 N–H and O–H groups in total. The second-order valence-electron chi connectivity index (χ2n) is 4.27. The van der Waals surface area contributed by atoms with Crippen molar-refractivity contribution in [1.29, 1.82) is 0 Å². The fourth-order valence-electron chi connectivity index (χ4n) is 1.60. The molecule has 2 aromatic rings. The molecule has 0 radical (unpaired) electrons. The topological polar surface area (TPSA) is 51.4 Å². The van der Waals surface area contributed by atoms with Crippen molar-refractivity contribution < 1.29 is 4.74 Å². The number of nitrogen functional groups attached to an aromatic ring is 1. The largest absolute Gasteiger partial charge is 0.489 e. The molecule has 0 bridgehead atoms. The van der Waals surface area contributed by atoms with E-state index in [9.17, 15) is 0 Å². The van der Waals surface area contributed by atoms with Gasteiger partial charge in [-0.1, -0.05) is 6.07 Å². The zero-order valence-corrected chi connectivity index (χ0v) is 10.6. The molecule has 4 nitrogen and oxygen atoms in total. The number of rotatable bonds is 4. The zero-order chi connectivity index (χ0) is 13.0. The molecule has 2 rings (SSSR count). The normalized spacial score (nSPS) is 10.1. The van der Waals surface area contributed by atoms with Crippen LogP contribution in [0, 0.1) is 0 Å². The summed E-state index contributed by atoms with van der Waals surface area (Å²) in [7, 11) is 4.01. The van der Waals surface area contributed by atoms with Gasteiger partial charge >= 0.3 is 0 Å². The molecular formula is C14H17N3O. The number of hydrogen-bond acceptors (Lipinski definition) is 4. The molecule has 0 saturated heterocycles. The van der Waals surface area contributed by atoms with E-state index in [2.05, 4.69) is 4.98 Å². The standard InChI is InChI=1S/C14H17N3O/c1-17(2)12-4-3-5-13(9-12)18-10-11-6-7-16-14(15)8-11/h3-9H,10H2,1-2H3,(H2,15,16). The van der Waals surface area contributed by atoms with Crippen LogP contribution in [0.3, 0.4) is 0 Å². The van der Waals surface area contributed by atoms with Crippen molar-refractivity contribution in [3.8, 4) is 5.75 Å². The molecule has 18 heavy (non-hydrogen) atoms. The Morgan fingerprint density at radius 3 is 2.78 bits per heavy atom. The van der Waals surface area contributed by atoms with E-state index in [1.165, 1.54) is 0 Å². The summed E-state index contributed by atoms with van der Waals surface area (Å²) >= 11 is 0. The third-order valence-electron chi connectivity index (χ3n) is 2.59. The highest BCUT2D eigenvalue weighted by atomic mass is 16.5. The SMILES string of the molecule is CN(C)c1cccc(OCc2ccnc(N)c2)c1. The summed E-state index contributed by atoms with van der Waals surface area (Å²) in [6, 6.07) is 11.7. The van der Waals surface area contributed by atoms with Crippen molar-refractivity contribution in [3.05, 3.63) is 48.2 Å². The summed E-state index contributed by atoms with van der Waals surface area (Å²) in [5, 5.41) is 0. The molecule has 1 heterocycles. The molecule has 0 unspecified atom stereocenters. The van der Waals surface area contributed by atoms with E-state index in [4.69, 9.17) is 10.5 Å². The van der Waals surface area contributed by atoms with Crippen LogP contribution in [-0.4, -0.2) is 19.1 Å². The predicted octanol–water partition coefficient (Wildman–Crippen LogP) is 2.31. The second kappa shape index (κ2) is 5.40. The summed E-state index contributed by atoms with van der Waals surface area (Å²) in [4.78, 5) is 5.99. The monoisotopic (exact) mass is 243 g/mol. The average molecular weight is 243 g/mol. The molecule has 94 valence electrons. The first-order valence-electron chi connectivity index (χ1n) is 5.76. The number of hydrogen-bond donors (Lipinski definition) is 1. The Bertz CT molecular complexity index is 526. The lowest BCUT2D eigenvalue weighted by molar-refractivity contribution is 0.306. The van der Waals surface area contributed by atoms with E-state index < -0.39 is 0 Å². The summed E-state index contributed by atoms with van der Waals surface area (Å²) in [6.07, 6.45) is 1.68. The Hall–Kier alpha value is -2.23. The highest BCUT2D eigenvalue weighted by Crippen LogP contribution is 2.20. The van der Waals surface area contributed by atoms with Gasteiger partial charge in [-0.2, -0.15) is 0 Å². The summed E-state index contributed by atoms with van der Waals surface area (Å²) in [5.41, 5.74) is 7.74. The average Bonchev–Trinajstić information content (AvgIpc) is 2.37. The maximum Gasteiger partial charge on any atom is 0.123 e.